The molecule has 2 atom stereocenters. The Morgan fingerprint density at radius 3 is 1.35 bits per heavy atom. The molecule has 11 nitrogen and oxygen atoms in total. The summed E-state index contributed by atoms with van der Waals surface area (Å²) in [5, 5.41) is 11.0. The van der Waals surface area contributed by atoms with Gasteiger partial charge < -0.3 is 41.6 Å². The standard InChI is InChI=1S/C26H21F6NO3.C22H17F6NO.C4H5ClO2.CH2O3.CH4.2K.H/c1-16(2)35-24(34)33-25(15-17-6-4-3-5-7-17,18-8-10-20(27)11-9-18)19-12-21(28)14-22(13-19)36-26(31,32)23(29)30;23-17-8-6-15(7-9-17)21(29,13-14-4-2-1-3-5-14)16-10-18(24)12-19(11-16)30-22(27,28)20(25)26;1-3(2)7-4(5)6;2-1-4-3;;;;/h3-14,23H,1,15H2,2H3,(H,33,34);1-12,20H,13,29H2;1H2,2H3;1,3H;1H4;;;/q;;;;;2*+1;-1/p-1/t25-;21-;;;;;;/m11....../s1. The molecule has 80 heavy (non-hydrogen) atoms. The Morgan fingerprint density at radius 2 is 0.988 bits per heavy atom. The normalized spacial score (nSPS) is 12.0. The van der Waals surface area contributed by atoms with Gasteiger partial charge in [-0.15, -0.1) is 0 Å². The second-order valence-electron chi connectivity index (χ2n) is 15.9. The molecule has 0 saturated carbocycles. The predicted octanol–water partition coefficient (Wildman–Crippen LogP) is 7.68. The fourth-order valence-corrected chi connectivity index (χ4v) is 7.01. The van der Waals surface area contributed by atoms with Crippen molar-refractivity contribution in [2.75, 3.05) is 0 Å². The average Bonchev–Trinajstić information content (AvgIpc) is 3.34. The van der Waals surface area contributed by atoms with Crippen molar-refractivity contribution in [1.82, 2.24) is 5.32 Å². The minimum Gasteiger partial charge on any atom is -1.00 e. The average molecular weight is 1210 g/mol. The van der Waals surface area contributed by atoms with E-state index >= 15 is 0 Å². The number of amides is 1. The summed E-state index contributed by atoms with van der Waals surface area (Å²) in [7, 11) is 0. The molecule has 6 rings (SSSR count). The van der Waals surface area contributed by atoms with Crippen LogP contribution >= 0.6 is 11.6 Å². The van der Waals surface area contributed by atoms with E-state index in [9.17, 15) is 62.3 Å². The van der Waals surface area contributed by atoms with Crippen LogP contribution in [0.15, 0.2) is 170 Å². The van der Waals surface area contributed by atoms with Crippen molar-refractivity contribution >= 4 is 29.6 Å². The van der Waals surface area contributed by atoms with Crippen LogP contribution in [0.4, 0.5) is 62.3 Å². The minimum atomic E-state index is -4.91. The first kappa shape index (κ1) is 75.3. The Hall–Kier alpha value is -4.75. The maximum atomic E-state index is 14.7. The Kier molecular flexibility index (Phi) is 33.2. The van der Waals surface area contributed by atoms with E-state index in [1.807, 2.05) is 0 Å². The summed E-state index contributed by atoms with van der Waals surface area (Å²) in [5.74, 6) is -4.65. The number of carbonyl (C=O) groups is 3. The third kappa shape index (κ3) is 24.4. The molecule has 422 valence electrons. The number of nitrogens with two attached hydrogens (primary N) is 1. The van der Waals surface area contributed by atoms with Crippen LogP contribution in [0.5, 0.6) is 11.5 Å². The summed E-state index contributed by atoms with van der Waals surface area (Å²) >= 11 is 4.75. The molecule has 26 heteroatoms. The van der Waals surface area contributed by atoms with Gasteiger partial charge in [-0.05, 0) is 102 Å². The number of benzene rings is 6. The smallest absolute Gasteiger partial charge is 1.00 e. The van der Waals surface area contributed by atoms with E-state index in [1.165, 1.54) is 31.2 Å². The topological polar surface area (TPSA) is 158 Å². The van der Waals surface area contributed by atoms with E-state index in [-0.39, 0.29) is 153 Å². The molecule has 0 aliphatic carbocycles. The zero-order valence-corrected chi connectivity index (χ0v) is 49.1. The summed E-state index contributed by atoms with van der Waals surface area (Å²) in [6.07, 6.45) is -19.0. The van der Waals surface area contributed by atoms with E-state index in [0.29, 0.717) is 29.0 Å². The van der Waals surface area contributed by atoms with Crippen LogP contribution < -0.4 is 129 Å². The first-order valence-electron chi connectivity index (χ1n) is 21.7. The molecule has 0 bridgehead atoms. The maximum Gasteiger partial charge on any atom is 1.00 e. The first-order chi connectivity index (χ1) is 36.0. The van der Waals surface area contributed by atoms with Crippen LogP contribution in [0.2, 0.25) is 0 Å². The van der Waals surface area contributed by atoms with E-state index in [1.54, 1.807) is 67.6 Å². The molecule has 0 aliphatic rings. The summed E-state index contributed by atoms with van der Waals surface area (Å²) in [6, 6.07) is 32.0. The number of halogens is 13. The fourth-order valence-electron chi connectivity index (χ4n) is 6.88. The predicted molar refractivity (Wildman–Crippen MR) is 261 cm³/mol. The molecule has 0 spiro atoms. The number of alkyl carbamates (subject to hydrolysis) is 1. The van der Waals surface area contributed by atoms with Gasteiger partial charge in [-0.3, -0.25) is 4.79 Å². The van der Waals surface area contributed by atoms with E-state index < -0.39 is 82.4 Å². The van der Waals surface area contributed by atoms with E-state index in [0.717, 1.165) is 54.1 Å². The second-order valence-corrected chi connectivity index (χ2v) is 16.3. The number of hydrogen-bond donors (Lipinski definition) is 2. The van der Waals surface area contributed by atoms with Crippen molar-refractivity contribution in [3.8, 4) is 11.5 Å². The van der Waals surface area contributed by atoms with Gasteiger partial charge in [0.25, 0.3) is 6.47 Å². The molecule has 6 aromatic carbocycles. The minimum absolute atomic E-state index is 0. The van der Waals surface area contributed by atoms with Gasteiger partial charge in [-0.1, -0.05) is 106 Å². The molecule has 0 aromatic heterocycles. The van der Waals surface area contributed by atoms with Gasteiger partial charge in [0.1, 0.15) is 34.8 Å². The molecule has 6 aromatic rings. The van der Waals surface area contributed by atoms with Crippen molar-refractivity contribution in [3.05, 3.63) is 227 Å². The molecule has 0 heterocycles. The van der Waals surface area contributed by atoms with E-state index in [2.05, 4.69) is 37.6 Å². The third-order valence-electron chi connectivity index (χ3n) is 9.98. The van der Waals surface area contributed by atoms with Gasteiger partial charge >= 0.3 is 139 Å². The van der Waals surface area contributed by atoms with Gasteiger partial charge in [0, 0.05) is 30.2 Å². The molecule has 1 amide bonds. The van der Waals surface area contributed by atoms with Gasteiger partial charge in [0.05, 0.1) is 22.6 Å². The number of alkyl halides is 8. The van der Waals surface area contributed by atoms with Crippen LogP contribution in [0, 0.1) is 23.3 Å². The van der Waals surface area contributed by atoms with Gasteiger partial charge in [0.2, 0.25) is 0 Å². The van der Waals surface area contributed by atoms with Crippen LogP contribution in [0.25, 0.3) is 0 Å². The molecule has 0 saturated heterocycles. The molecular weight excluding hydrogens is 1160 g/mol. The fraction of sp³-hybridized carbons (Fsp3) is 0.204. The number of ether oxygens (including phenoxy) is 4. The van der Waals surface area contributed by atoms with Crippen molar-refractivity contribution in [2.24, 2.45) is 5.73 Å². The molecule has 0 unspecified atom stereocenters. The van der Waals surface area contributed by atoms with Crippen molar-refractivity contribution in [3.63, 3.8) is 0 Å². The summed E-state index contributed by atoms with van der Waals surface area (Å²) < 4.78 is 178. The quantitative estimate of drug-likeness (QED) is 0.0166. The second kappa shape index (κ2) is 35.3. The van der Waals surface area contributed by atoms with Gasteiger partial charge in [0.15, 0.2) is 0 Å². The summed E-state index contributed by atoms with van der Waals surface area (Å²) in [5.41, 5.74) is 4.27. The van der Waals surface area contributed by atoms with E-state index in [4.69, 9.17) is 32.1 Å². The molecular formula is C54H49ClF12K2N2O9. The Labute approximate surface area is 543 Å². The molecule has 0 aliphatic heterocycles. The number of carbonyl (C=O) groups excluding carboxylic acids is 3. The van der Waals surface area contributed by atoms with Crippen LogP contribution in [-0.2, 0) is 43.1 Å². The number of allylic oxidation sites excluding steroid dienone is 2. The Morgan fingerprint density at radius 1 is 0.613 bits per heavy atom. The van der Waals surface area contributed by atoms with Crippen molar-refractivity contribution in [1.29, 1.82) is 0 Å². The monoisotopic (exact) mass is 1210 g/mol. The SMILES string of the molecule is C.C=C(C)OC(=O)Cl.C=C(C)OC(=O)N[C@](Cc1ccccc1)(c1ccc(F)cc1)c1cc(F)cc(OC(F)(F)C(F)F)c1.N[C@](Cc1ccccc1)(c1ccc(F)cc1)c1cc(F)cc(OC(F)(F)C(F)F)c1.O=CO[O-].[H-].[K+].[K+]. The van der Waals surface area contributed by atoms with Crippen LogP contribution in [0.3, 0.4) is 0 Å². The molecule has 0 radical (unpaired) electrons. The largest absolute Gasteiger partial charge is 1.00 e. The van der Waals surface area contributed by atoms with Crippen molar-refractivity contribution < 1.29 is 200 Å². The number of hydrogen-bond acceptors (Lipinski definition) is 10. The molecule has 3 N–H and O–H groups in total. The van der Waals surface area contributed by atoms with Gasteiger partial charge in [-0.2, -0.15) is 35.1 Å². The molecule has 0 fully saturated rings. The first-order valence-corrected chi connectivity index (χ1v) is 22.0. The third-order valence-corrected chi connectivity index (χ3v) is 10.1. The maximum absolute atomic E-state index is 14.7. The zero-order valence-electron chi connectivity index (χ0n) is 43.1. The van der Waals surface area contributed by atoms with Crippen LogP contribution in [0.1, 0.15) is 56.1 Å². The number of rotatable bonds is 18. The van der Waals surface area contributed by atoms with Crippen molar-refractivity contribution in [2.45, 2.75) is 70.3 Å². The summed E-state index contributed by atoms with van der Waals surface area (Å²) in [4.78, 5) is 33.7. The summed E-state index contributed by atoms with van der Waals surface area (Å²) in [6.45, 7) is 9.51. The zero-order chi connectivity index (χ0) is 57.7. The Balaban J connectivity index is 0. The number of nitrogens with one attached hydrogen (secondary N) is 1. The Bertz CT molecular complexity index is 2900. The van der Waals surface area contributed by atoms with Crippen LogP contribution in [-0.4, -0.2) is 43.1 Å². The van der Waals surface area contributed by atoms with Gasteiger partial charge in [-0.25, -0.2) is 27.2 Å².